The molecule has 98 valence electrons. The van der Waals surface area contributed by atoms with Crippen molar-refractivity contribution in [2.45, 2.75) is 25.7 Å². The second-order valence-electron chi connectivity index (χ2n) is 4.89. The van der Waals surface area contributed by atoms with Crippen molar-refractivity contribution in [3.8, 4) is 5.75 Å². The second-order valence-corrected chi connectivity index (χ2v) is 4.89. The van der Waals surface area contributed by atoms with Crippen molar-refractivity contribution >= 4 is 17.4 Å². The van der Waals surface area contributed by atoms with Crippen LogP contribution in [0.5, 0.6) is 5.75 Å². The van der Waals surface area contributed by atoms with Gasteiger partial charge in [-0.1, -0.05) is 6.07 Å². The number of carbonyl (C=O) groups excluding carboxylic acids is 2. The molecule has 0 atom stereocenters. The zero-order valence-electron chi connectivity index (χ0n) is 10.8. The molecule has 0 spiro atoms. The molecule has 1 heterocycles. The van der Waals surface area contributed by atoms with Crippen LogP contribution in [0.4, 0.5) is 0 Å². The summed E-state index contributed by atoms with van der Waals surface area (Å²) in [7, 11) is 1.65. The highest BCUT2D eigenvalue weighted by Crippen LogP contribution is 2.36. The minimum absolute atomic E-state index is 0.201. The SMILES string of the molecule is COc1ccc2c(c1)CCCC2=C1CC(=O)NC1=O. The van der Waals surface area contributed by atoms with Crippen molar-refractivity contribution in [1.29, 1.82) is 0 Å². The maximum Gasteiger partial charge on any atom is 0.254 e. The molecule has 19 heavy (non-hydrogen) atoms. The van der Waals surface area contributed by atoms with Crippen molar-refractivity contribution in [2.75, 3.05) is 7.11 Å². The fraction of sp³-hybridized carbons (Fsp3) is 0.333. The van der Waals surface area contributed by atoms with Crippen LogP contribution in [0.25, 0.3) is 5.57 Å². The number of nitrogens with one attached hydrogen (secondary N) is 1. The first-order valence-electron chi connectivity index (χ1n) is 6.42. The highest BCUT2D eigenvalue weighted by Gasteiger charge is 2.29. The number of hydrogen-bond donors (Lipinski definition) is 1. The summed E-state index contributed by atoms with van der Waals surface area (Å²) in [4.78, 5) is 23.1. The normalized spacial score (nSPS) is 22.2. The summed E-state index contributed by atoms with van der Waals surface area (Å²) in [6, 6.07) is 5.91. The largest absolute Gasteiger partial charge is 0.497 e. The van der Waals surface area contributed by atoms with Gasteiger partial charge in [-0.05, 0) is 48.1 Å². The van der Waals surface area contributed by atoms with Gasteiger partial charge in [-0.15, -0.1) is 0 Å². The molecule has 1 saturated heterocycles. The summed E-state index contributed by atoms with van der Waals surface area (Å²) in [5, 5.41) is 2.36. The van der Waals surface area contributed by atoms with Crippen LogP contribution in [0.2, 0.25) is 0 Å². The quantitative estimate of drug-likeness (QED) is 0.617. The maximum absolute atomic E-state index is 11.8. The number of allylic oxidation sites excluding steroid dienone is 1. The lowest BCUT2D eigenvalue weighted by atomic mass is 9.84. The zero-order valence-corrected chi connectivity index (χ0v) is 10.8. The molecule has 0 saturated carbocycles. The predicted octanol–water partition coefficient (Wildman–Crippen LogP) is 1.83. The van der Waals surface area contributed by atoms with Crippen LogP contribution in [0, 0.1) is 0 Å². The van der Waals surface area contributed by atoms with E-state index < -0.39 is 0 Å². The van der Waals surface area contributed by atoms with E-state index in [1.165, 1.54) is 5.56 Å². The highest BCUT2D eigenvalue weighted by molar-refractivity contribution is 6.17. The molecule has 4 heteroatoms. The van der Waals surface area contributed by atoms with E-state index >= 15 is 0 Å². The van der Waals surface area contributed by atoms with Gasteiger partial charge >= 0.3 is 0 Å². The Kier molecular flexibility index (Phi) is 2.85. The summed E-state index contributed by atoms with van der Waals surface area (Å²) >= 11 is 0. The van der Waals surface area contributed by atoms with Crippen molar-refractivity contribution in [3.05, 3.63) is 34.9 Å². The molecule has 0 radical (unpaired) electrons. The van der Waals surface area contributed by atoms with Crippen LogP contribution in [0.1, 0.15) is 30.4 Å². The van der Waals surface area contributed by atoms with Gasteiger partial charge in [0.05, 0.1) is 13.5 Å². The number of benzene rings is 1. The van der Waals surface area contributed by atoms with Gasteiger partial charge in [0, 0.05) is 5.57 Å². The average Bonchev–Trinajstić information content (AvgIpc) is 2.76. The van der Waals surface area contributed by atoms with Gasteiger partial charge in [0.2, 0.25) is 5.91 Å². The van der Waals surface area contributed by atoms with Crippen molar-refractivity contribution in [2.24, 2.45) is 0 Å². The summed E-state index contributed by atoms with van der Waals surface area (Å²) in [6.07, 6.45) is 3.05. The lowest BCUT2D eigenvalue weighted by Gasteiger charge is -2.21. The Labute approximate surface area is 111 Å². The number of methoxy groups -OCH3 is 1. The predicted molar refractivity (Wildman–Crippen MR) is 70.6 cm³/mol. The Hall–Kier alpha value is -2.10. The minimum Gasteiger partial charge on any atom is -0.497 e. The minimum atomic E-state index is -0.233. The first-order valence-corrected chi connectivity index (χ1v) is 6.42. The van der Waals surface area contributed by atoms with Crippen molar-refractivity contribution in [1.82, 2.24) is 5.32 Å². The van der Waals surface area contributed by atoms with Crippen LogP contribution < -0.4 is 10.1 Å². The molecule has 3 rings (SSSR count). The summed E-state index contributed by atoms with van der Waals surface area (Å²) in [5.74, 6) is 0.397. The molecule has 1 aromatic rings. The van der Waals surface area contributed by atoms with Crippen molar-refractivity contribution in [3.63, 3.8) is 0 Å². The third-order valence-corrected chi connectivity index (χ3v) is 3.74. The van der Waals surface area contributed by atoms with Gasteiger partial charge in [-0.25, -0.2) is 0 Å². The number of aryl methyl sites for hydroxylation is 1. The molecular weight excluding hydrogens is 242 g/mol. The van der Waals surface area contributed by atoms with E-state index in [1.54, 1.807) is 7.11 Å². The molecule has 1 aliphatic heterocycles. The van der Waals surface area contributed by atoms with E-state index in [-0.39, 0.29) is 18.2 Å². The summed E-state index contributed by atoms with van der Waals surface area (Å²) in [5.41, 5.74) is 3.94. The Bertz CT molecular complexity index is 601. The monoisotopic (exact) mass is 257 g/mol. The molecule has 1 fully saturated rings. The van der Waals surface area contributed by atoms with Crippen LogP contribution in [0.3, 0.4) is 0 Å². The van der Waals surface area contributed by atoms with E-state index in [0.29, 0.717) is 5.57 Å². The third kappa shape index (κ3) is 2.03. The lowest BCUT2D eigenvalue weighted by Crippen LogP contribution is -2.20. The van der Waals surface area contributed by atoms with E-state index in [4.69, 9.17) is 4.74 Å². The van der Waals surface area contributed by atoms with E-state index in [0.717, 1.165) is 36.1 Å². The highest BCUT2D eigenvalue weighted by atomic mass is 16.5. The first-order chi connectivity index (χ1) is 9.19. The van der Waals surface area contributed by atoms with Gasteiger partial charge in [0.15, 0.2) is 0 Å². The fourth-order valence-corrected chi connectivity index (χ4v) is 2.83. The molecule has 2 aliphatic rings. The molecule has 0 aromatic heterocycles. The van der Waals surface area contributed by atoms with Gasteiger partial charge in [-0.3, -0.25) is 14.9 Å². The zero-order chi connectivity index (χ0) is 13.4. The van der Waals surface area contributed by atoms with E-state index in [1.807, 2.05) is 18.2 Å². The lowest BCUT2D eigenvalue weighted by molar-refractivity contribution is -0.124. The number of ether oxygens (including phenoxy) is 1. The average molecular weight is 257 g/mol. The van der Waals surface area contributed by atoms with E-state index in [9.17, 15) is 9.59 Å². The Morgan fingerprint density at radius 1 is 1.16 bits per heavy atom. The molecule has 4 nitrogen and oxygen atoms in total. The molecule has 0 bridgehead atoms. The number of hydrogen-bond acceptors (Lipinski definition) is 3. The standard InChI is InChI=1S/C15H15NO3/c1-19-10-5-6-11-9(7-10)3-2-4-12(11)13-8-14(17)16-15(13)18/h5-7H,2-4,8H2,1H3,(H,16,17,18). The van der Waals surface area contributed by atoms with Crippen LogP contribution in [-0.2, 0) is 16.0 Å². The van der Waals surface area contributed by atoms with Gasteiger partial charge in [0.25, 0.3) is 5.91 Å². The topological polar surface area (TPSA) is 55.4 Å². The Balaban J connectivity index is 2.10. The molecule has 1 aliphatic carbocycles. The third-order valence-electron chi connectivity index (χ3n) is 3.74. The smallest absolute Gasteiger partial charge is 0.254 e. The van der Waals surface area contributed by atoms with Crippen LogP contribution in [-0.4, -0.2) is 18.9 Å². The number of imide groups is 1. The molecule has 1 aromatic carbocycles. The summed E-state index contributed by atoms with van der Waals surface area (Å²) in [6.45, 7) is 0. The fourth-order valence-electron chi connectivity index (χ4n) is 2.83. The summed E-state index contributed by atoms with van der Waals surface area (Å²) < 4.78 is 5.23. The number of amides is 2. The molecular formula is C15H15NO3. The maximum atomic E-state index is 11.8. The number of rotatable bonds is 1. The second kappa shape index (κ2) is 4.53. The van der Waals surface area contributed by atoms with Gasteiger partial charge in [-0.2, -0.15) is 0 Å². The molecule has 2 amide bonds. The van der Waals surface area contributed by atoms with Gasteiger partial charge < -0.3 is 4.74 Å². The van der Waals surface area contributed by atoms with Gasteiger partial charge in [0.1, 0.15) is 5.75 Å². The number of carbonyl (C=O) groups is 2. The van der Waals surface area contributed by atoms with E-state index in [2.05, 4.69) is 5.32 Å². The van der Waals surface area contributed by atoms with Crippen molar-refractivity contribution < 1.29 is 14.3 Å². The first kappa shape index (κ1) is 12.0. The molecule has 1 N–H and O–H groups in total. The molecule has 0 unspecified atom stereocenters. The van der Waals surface area contributed by atoms with Crippen LogP contribution >= 0.6 is 0 Å². The number of fused-ring (bicyclic) bond motifs is 1. The Morgan fingerprint density at radius 2 is 2.00 bits per heavy atom. The Morgan fingerprint density at radius 3 is 2.68 bits per heavy atom. The van der Waals surface area contributed by atoms with Crippen LogP contribution in [0.15, 0.2) is 23.8 Å².